The molecule has 2 unspecified atom stereocenters. The molecular weight excluding hydrogens is 190 g/mol. The van der Waals surface area contributed by atoms with Gasteiger partial charge in [0.25, 0.3) is 0 Å². The lowest BCUT2D eigenvalue weighted by Crippen LogP contribution is -2.00. The lowest BCUT2D eigenvalue weighted by atomic mass is 10.0. The Hall–Kier alpha value is -1.03. The van der Waals surface area contributed by atoms with Gasteiger partial charge in [0.1, 0.15) is 5.82 Å². The van der Waals surface area contributed by atoms with Crippen molar-refractivity contribution in [1.29, 1.82) is 0 Å². The first-order chi connectivity index (χ1) is 7.06. The van der Waals surface area contributed by atoms with Gasteiger partial charge in [-0.25, -0.2) is 0 Å². The van der Waals surface area contributed by atoms with Gasteiger partial charge in [0.15, 0.2) is 0 Å². The van der Waals surface area contributed by atoms with Crippen LogP contribution in [-0.2, 0) is 11.8 Å². The highest BCUT2D eigenvalue weighted by molar-refractivity contribution is 5.48. The number of rotatable bonds is 3. The van der Waals surface area contributed by atoms with Crippen LogP contribution >= 0.6 is 0 Å². The molecule has 0 aliphatic heterocycles. The van der Waals surface area contributed by atoms with Gasteiger partial charge in [-0.15, -0.1) is 0 Å². The number of nitrogens with zero attached hydrogens (tertiary/aromatic N) is 2. The number of anilines is 1. The number of aromatic nitrogens is 2. The Balaban J connectivity index is 2.35. The van der Waals surface area contributed by atoms with Crippen LogP contribution in [0.2, 0.25) is 0 Å². The Labute approximate surface area is 90.4 Å². The summed E-state index contributed by atoms with van der Waals surface area (Å²) in [6.07, 6.45) is 1.42. The molecule has 15 heavy (non-hydrogen) atoms. The van der Waals surface area contributed by atoms with Crippen molar-refractivity contribution < 1.29 is 4.74 Å². The van der Waals surface area contributed by atoms with Crippen molar-refractivity contribution in [2.24, 2.45) is 7.05 Å². The van der Waals surface area contributed by atoms with Crippen LogP contribution in [0.5, 0.6) is 0 Å². The average molecular weight is 209 g/mol. The van der Waals surface area contributed by atoms with E-state index in [1.807, 2.05) is 7.05 Å². The summed E-state index contributed by atoms with van der Waals surface area (Å²) in [4.78, 5) is 0. The molecule has 84 valence electrons. The van der Waals surface area contributed by atoms with E-state index in [0.717, 1.165) is 17.9 Å². The molecule has 1 heterocycles. The van der Waals surface area contributed by atoms with Crippen LogP contribution in [-0.4, -0.2) is 23.0 Å². The molecule has 4 heteroatoms. The summed E-state index contributed by atoms with van der Waals surface area (Å²) >= 11 is 0. The third-order valence-corrected chi connectivity index (χ3v) is 3.12. The van der Waals surface area contributed by atoms with Crippen LogP contribution in [0.15, 0.2) is 0 Å². The molecule has 0 spiro atoms. The quantitative estimate of drug-likeness (QED) is 0.823. The maximum absolute atomic E-state index is 6.02. The van der Waals surface area contributed by atoms with Crippen molar-refractivity contribution in [3.05, 3.63) is 11.3 Å². The van der Waals surface area contributed by atoms with E-state index in [4.69, 9.17) is 10.5 Å². The van der Waals surface area contributed by atoms with Gasteiger partial charge in [0.2, 0.25) is 0 Å². The highest BCUT2D eigenvalue weighted by Gasteiger charge is 2.43. The molecule has 1 aliphatic carbocycles. The number of nitrogens with two attached hydrogens (primary N) is 1. The Kier molecular flexibility index (Phi) is 2.46. The summed E-state index contributed by atoms with van der Waals surface area (Å²) in [7, 11) is 3.65. The molecule has 1 aromatic heterocycles. The van der Waals surface area contributed by atoms with Crippen molar-refractivity contribution in [2.45, 2.75) is 38.2 Å². The second-order valence-electron chi connectivity index (χ2n) is 4.58. The second-order valence-corrected chi connectivity index (χ2v) is 4.58. The Bertz CT molecular complexity index is 370. The molecule has 0 radical (unpaired) electrons. The zero-order chi connectivity index (χ0) is 11.2. The van der Waals surface area contributed by atoms with Crippen molar-refractivity contribution in [1.82, 2.24) is 9.78 Å². The van der Waals surface area contributed by atoms with Gasteiger partial charge in [-0.1, -0.05) is 13.8 Å². The predicted molar refractivity (Wildman–Crippen MR) is 59.9 cm³/mol. The first kappa shape index (κ1) is 10.5. The molecule has 2 N–H and O–H groups in total. The number of ether oxygens (including phenoxy) is 1. The summed E-state index contributed by atoms with van der Waals surface area (Å²) in [5, 5.41) is 4.50. The molecule has 4 nitrogen and oxygen atoms in total. The van der Waals surface area contributed by atoms with E-state index in [1.165, 1.54) is 5.56 Å². The number of aryl methyl sites for hydroxylation is 1. The Morgan fingerprint density at radius 1 is 1.53 bits per heavy atom. The number of hydrogen-bond donors (Lipinski definition) is 1. The van der Waals surface area contributed by atoms with Crippen molar-refractivity contribution in [2.75, 3.05) is 12.8 Å². The van der Waals surface area contributed by atoms with E-state index < -0.39 is 0 Å². The van der Waals surface area contributed by atoms with Gasteiger partial charge in [0, 0.05) is 25.6 Å². The Morgan fingerprint density at radius 2 is 2.20 bits per heavy atom. The maximum Gasteiger partial charge on any atom is 0.125 e. The fraction of sp³-hybridized carbons (Fsp3) is 0.727. The van der Waals surface area contributed by atoms with E-state index in [-0.39, 0.29) is 0 Å². The molecule has 1 saturated carbocycles. The highest BCUT2D eigenvalue weighted by atomic mass is 16.5. The number of methoxy groups -OCH3 is 1. The van der Waals surface area contributed by atoms with E-state index in [2.05, 4.69) is 18.9 Å². The highest BCUT2D eigenvalue weighted by Crippen LogP contribution is 2.46. The molecule has 2 rings (SSSR count). The number of hydrogen-bond acceptors (Lipinski definition) is 3. The molecule has 1 aliphatic rings. The molecule has 0 bridgehead atoms. The van der Waals surface area contributed by atoms with Crippen molar-refractivity contribution in [3.8, 4) is 0 Å². The molecule has 0 saturated heterocycles. The zero-order valence-corrected chi connectivity index (χ0v) is 9.82. The third kappa shape index (κ3) is 1.63. The third-order valence-electron chi connectivity index (χ3n) is 3.12. The summed E-state index contributed by atoms with van der Waals surface area (Å²) in [6, 6.07) is 0. The topological polar surface area (TPSA) is 53.1 Å². The molecule has 0 amide bonds. The van der Waals surface area contributed by atoms with Crippen LogP contribution in [0.3, 0.4) is 0 Å². The van der Waals surface area contributed by atoms with Crippen molar-refractivity contribution >= 4 is 5.82 Å². The van der Waals surface area contributed by atoms with Crippen LogP contribution in [0.4, 0.5) is 5.82 Å². The van der Waals surface area contributed by atoms with Crippen LogP contribution in [0.25, 0.3) is 0 Å². The van der Waals surface area contributed by atoms with Crippen molar-refractivity contribution in [3.63, 3.8) is 0 Å². The van der Waals surface area contributed by atoms with E-state index in [1.54, 1.807) is 11.8 Å². The van der Waals surface area contributed by atoms with E-state index in [0.29, 0.717) is 17.9 Å². The van der Waals surface area contributed by atoms with Crippen LogP contribution < -0.4 is 5.73 Å². The first-order valence-corrected chi connectivity index (χ1v) is 5.41. The van der Waals surface area contributed by atoms with Gasteiger partial charge in [-0.05, 0) is 12.3 Å². The van der Waals surface area contributed by atoms with Crippen LogP contribution in [0, 0.1) is 0 Å². The lowest BCUT2D eigenvalue weighted by Gasteiger charge is -2.06. The lowest BCUT2D eigenvalue weighted by molar-refractivity contribution is 0.177. The van der Waals surface area contributed by atoms with E-state index in [9.17, 15) is 0 Å². The fourth-order valence-electron chi connectivity index (χ4n) is 2.16. The SMILES string of the molecule is COC1CC1c1nn(C)c(N)c1C(C)C. The standard InChI is InChI=1S/C11H19N3O/c1-6(2)9-10(7-5-8(7)15-4)13-14(3)11(9)12/h6-8H,5,12H2,1-4H3. The maximum atomic E-state index is 6.02. The van der Waals surface area contributed by atoms with Gasteiger partial charge >= 0.3 is 0 Å². The molecule has 2 atom stereocenters. The van der Waals surface area contributed by atoms with Gasteiger partial charge in [-0.3, -0.25) is 4.68 Å². The normalized spacial score (nSPS) is 24.9. The summed E-state index contributed by atoms with van der Waals surface area (Å²) in [6.45, 7) is 4.31. The van der Waals surface area contributed by atoms with Gasteiger partial charge < -0.3 is 10.5 Å². The Morgan fingerprint density at radius 3 is 2.67 bits per heavy atom. The monoisotopic (exact) mass is 209 g/mol. The minimum atomic E-state index is 0.344. The molecular formula is C11H19N3O. The second kappa shape index (κ2) is 3.52. The molecule has 1 aromatic rings. The predicted octanol–water partition coefficient (Wildman–Crippen LogP) is 1.63. The molecule has 0 aromatic carbocycles. The summed E-state index contributed by atoms with van der Waals surface area (Å²) in [5.41, 5.74) is 8.35. The van der Waals surface area contributed by atoms with Gasteiger partial charge in [0.05, 0.1) is 11.8 Å². The smallest absolute Gasteiger partial charge is 0.125 e. The first-order valence-electron chi connectivity index (χ1n) is 5.41. The average Bonchev–Trinajstić information content (AvgIpc) is 2.89. The zero-order valence-electron chi connectivity index (χ0n) is 9.82. The largest absolute Gasteiger partial charge is 0.384 e. The summed E-state index contributed by atoms with van der Waals surface area (Å²) in [5.74, 6) is 1.67. The van der Waals surface area contributed by atoms with Gasteiger partial charge in [-0.2, -0.15) is 5.10 Å². The number of nitrogen functional groups attached to an aromatic ring is 1. The van der Waals surface area contributed by atoms with E-state index >= 15 is 0 Å². The molecule has 1 fully saturated rings. The minimum Gasteiger partial charge on any atom is -0.384 e. The minimum absolute atomic E-state index is 0.344. The van der Waals surface area contributed by atoms with Crippen LogP contribution in [0.1, 0.15) is 43.4 Å². The fourth-order valence-corrected chi connectivity index (χ4v) is 2.16. The summed E-state index contributed by atoms with van der Waals surface area (Å²) < 4.78 is 7.10.